The Morgan fingerprint density at radius 1 is 1.16 bits per heavy atom. The molecule has 0 N–H and O–H groups in total. The largest absolute Gasteiger partial charge is 0.497 e. The monoisotopic (exact) mass is 274 g/mol. The van der Waals surface area contributed by atoms with Gasteiger partial charge >= 0.3 is 0 Å². The van der Waals surface area contributed by atoms with Gasteiger partial charge in [0.2, 0.25) is 0 Å². The van der Waals surface area contributed by atoms with Gasteiger partial charge in [-0.25, -0.2) is 4.98 Å². The van der Waals surface area contributed by atoms with E-state index in [9.17, 15) is 5.26 Å². The summed E-state index contributed by atoms with van der Waals surface area (Å²) in [5, 5.41) is 9.36. The van der Waals surface area contributed by atoms with Crippen LogP contribution in [0.15, 0.2) is 30.5 Å². The molecule has 0 atom stereocenters. The molecular weight excluding hydrogens is 264 g/mol. The van der Waals surface area contributed by atoms with Gasteiger partial charge in [0.15, 0.2) is 0 Å². The Bertz CT molecular complexity index is 650. The van der Waals surface area contributed by atoms with Crippen molar-refractivity contribution < 1.29 is 9.47 Å². The molecule has 0 aliphatic rings. The number of nitrogens with zero attached hydrogens (tertiary/aromatic N) is 2. The number of rotatable bonds is 3. The molecule has 2 rings (SSSR count). The van der Waals surface area contributed by atoms with Crippen LogP contribution in [0.5, 0.6) is 11.5 Å². The van der Waals surface area contributed by atoms with E-state index >= 15 is 0 Å². The Labute approximate surface area is 116 Å². The molecule has 0 radical (unpaired) electrons. The summed E-state index contributed by atoms with van der Waals surface area (Å²) in [5.41, 5.74) is 1.78. The second-order valence-corrected chi connectivity index (χ2v) is 4.06. The highest BCUT2D eigenvalue weighted by atomic mass is 35.5. The Morgan fingerprint density at radius 3 is 2.58 bits per heavy atom. The van der Waals surface area contributed by atoms with Gasteiger partial charge in [-0.3, -0.25) is 0 Å². The maximum atomic E-state index is 9.18. The van der Waals surface area contributed by atoms with Gasteiger partial charge in [0.05, 0.1) is 19.8 Å². The number of methoxy groups -OCH3 is 2. The summed E-state index contributed by atoms with van der Waals surface area (Å²) >= 11 is 5.93. The van der Waals surface area contributed by atoms with Gasteiger partial charge in [-0.15, -0.1) is 0 Å². The zero-order chi connectivity index (χ0) is 13.8. The van der Waals surface area contributed by atoms with Crippen LogP contribution in [-0.4, -0.2) is 19.2 Å². The zero-order valence-corrected chi connectivity index (χ0v) is 11.2. The first-order chi connectivity index (χ1) is 9.21. The fourth-order valence-corrected chi connectivity index (χ4v) is 1.99. The topological polar surface area (TPSA) is 55.1 Å². The first-order valence-electron chi connectivity index (χ1n) is 5.48. The van der Waals surface area contributed by atoms with Gasteiger partial charge in [-0.05, 0) is 18.2 Å². The number of nitriles is 1. The molecule has 0 spiro atoms. The van der Waals surface area contributed by atoms with Crippen LogP contribution in [0, 0.1) is 11.3 Å². The van der Waals surface area contributed by atoms with Crippen molar-refractivity contribution in [3.63, 3.8) is 0 Å². The van der Waals surface area contributed by atoms with E-state index < -0.39 is 0 Å². The SMILES string of the molecule is COc1ccc(-c2ccnc(Cl)c2C#N)c(OC)c1. The minimum Gasteiger partial charge on any atom is -0.497 e. The maximum Gasteiger partial charge on any atom is 0.147 e. The van der Waals surface area contributed by atoms with E-state index in [1.807, 2.05) is 6.07 Å². The smallest absolute Gasteiger partial charge is 0.147 e. The van der Waals surface area contributed by atoms with Crippen LogP contribution in [0.3, 0.4) is 0 Å². The summed E-state index contributed by atoms with van der Waals surface area (Å²) in [6.07, 6.45) is 1.56. The molecule has 5 heteroatoms. The second kappa shape index (κ2) is 5.59. The summed E-state index contributed by atoms with van der Waals surface area (Å²) in [6.45, 7) is 0. The lowest BCUT2D eigenvalue weighted by molar-refractivity contribution is 0.395. The summed E-state index contributed by atoms with van der Waals surface area (Å²) in [6, 6.07) is 9.17. The lowest BCUT2D eigenvalue weighted by Gasteiger charge is -2.11. The zero-order valence-electron chi connectivity index (χ0n) is 10.5. The van der Waals surface area contributed by atoms with Crippen molar-refractivity contribution in [1.82, 2.24) is 4.98 Å². The molecule has 0 bridgehead atoms. The average Bonchev–Trinajstić information content (AvgIpc) is 2.46. The number of halogens is 1. The molecule has 0 fully saturated rings. The van der Waals surface area contributed by atoms with E-state index in [4.69, 9.17) is 21.1 Å². The van der Waals surface area contributed by atoms with Crippen molar-refractivity contribution >= 4 is 11.6 Å². The van der Waals surface area contributed by atoms with Gasteiger partial charge in [0, 0.05) is 23.4 Å². The molecule has 1 aromatic heterocycles. The quantitative estimate of drug-likeness (QED) is 0.806. The standard InChI is InChI=1S/C14H11ClN2O2/c1-18-9-3-4-11(13(7-9)19-2)10-5-6-17-14(15)12(10)8-16/h3-7H,1-2H3. The second-order valence-electron chi connectivity index (χ2n) is 3.70. The van der Waals surface area contributed by atoms with Gasteiger partial charge in [0.25, 0.3) is 0 Å². The van der Waals surface area contributed by atoms with Crippen molar-refractivity contribution in [2.75, 3.05) is 14.2 Å². The fourth-order valence-electron chi connectivity index (χ4n) is 1.79. The predicted molar refractivity (Wildman–Crippen MR) is 72.5 cm³/mol. The lowest BCUT2D eigenvalue weighted by Crippen LogP contribution is -1.93. The molecule has 0 aliphatic carbocycles. The Morgan fingerprint density at radius 2 is 1.95 bits per heavy atom. The highest BCUT2D eigenvalue weighted by Gasteiger charge is 2.14. The summed E-state index contributed by atoms with van der Waals surface area (Å²) < 4.78 is 10.5. The minimum absolute atomic E-state index is 0.179. The van der Waals surface area contributed by atoms with E-state index in [-0.39, 0.29) is 5.15 Å². The van der Waals surface area contributed by atoms with Crippen LogP contribution >= 0.6 is 11.6 Å². The maximum absolute atomic E-state index is 9.18. The highest BCUT2D eigenvalue weighted by molar-refractivity contribution is 6.31. The van der Waals surface area contributed by atoms with E-state index in [1.165, 1.54) is 0 Å². The number of ether oxygens (including phenoxy) is 2. The summed E-state index contributed by atoms with van der Waals surface area (Å²) in [5.74, 6) is 1.29. The Balaban J connectivity index is 2.66. The van der Waals surface area contributed by atoms with Crippen molar-refractivity contribution in [3.8, 4) is 28.7 Å². The van der Waals surface area contributed by atoms with Crippen LogP contribution in [0.25, 0.3) is 11.1 Å². The van der Waals surface area contributed by atoms with Crippen LogP contribution in [0.1, 0.15) is 5.56 Å². The third kappa shape index (κ3) is 2.47. The average molecular weight is 275 g/mol. The normalized spacial score (nSPS) is 9.79. The van der Waals surface area contributed by atoms with Crippen molar-refractivity contribution in [2.24, 2.45) is 0 Å². The molecule has 0 saturated carbocycles. The molecule has 0 aliphatic heterocycles. The third-order valence-corrected chi connectivity index (χ3v) is 3.00. The van der Waals surface area contributed by atoms with Crippen LogP contribution < -0.4 is 9.47 Å². The number of hydrogen-bond acceptors (Lipinski definition) is 4. The number of hydrogen-bond donors (Lipinski definition) is 0. The van der Waals surface area contributed by atoms with Gasteiger partial charge < -0.3 is 9.47 Å². The summed E-state index contributed by atoms with van der Waals surface area (Å²) in [4.78, 5) is 3.90. The lowest BCUT2D eigenvalue weighted by atomic mass is 10.0. The molecule has 1 heterocycles. The van der Waals surface area contributed by atoms with Crippen LogP contribution in [0.4, 0.5) is 0 Å². The molecule has 4 nitrogen and oxygen atoms in total. The number of benzene rings is 1. The van der Waals surface area contributed by atoms with Crippen molar-refractivity contribution in [2.45, 2.75) is 0 Å². The van der Waals surface area contributed by atoms with Crippen LogP contribution in [0.2, 0.25) is 5.15 Å². The van der Waals surface area contributed by atoms with E-state index in [1.54, 1.807) is 38.6 Å². The Hall–Kier alpha value is -2.25. The summed E-state index contributed by atoms with van der Waals surface area (Å²) in [7, 11) is 3.14. The van der Waals surface area contributed by atoms with E-state index in [0.29, 0.717) is 22.6 Å². The first kappa shape index (κ1) is 13.2. The van der Waals surface area contributed by atoms with Gasteiger partial charge in [-0.2, -0.15) is 5.26 Å². The number of pyridine rings is 1. The third-order valence-electron chi connectivity index (χ3n) is 2.72. The van der Waals surface area contributed by atoms with E-state index in [2.05, 4.69) is 11.1 Å². The fraction of sp³-hybridized carbons (Fsp3) is 0.143. The van der Waals surface area contributed by atoms with Crippen molar-refractivity contribution in [1.29, 1.82) is 5.26 Å². The molecular formula is C14H11ClN2O2. The van der Waals surface area contributed by atoms with Gasteiger partial charge in [0.1, 0.15) is 22.7 Å². The molecule has 0 amide bonds. The van der Waals surface area contributed by atoms with Crippen molar-refractivity contribution in [3.05, 3.63) is 41.2 Å². The predicted octanol–water partition coefficient (Wildman–Crippen LogP) is 3.29. The Kier molecular flexibility index (Phi) is 3.88. The van der Waals surface area contributed by atoms with Gasteiger partial charge in [-0.1, -0.05) is 11.6 Å². The molecule has 0 unspecified atom stereocenters. The first-order valence-corrected chi connectivity index (χ1v) is 5.86. The molecule has 19 heavy (non-hydrogen) atoms. The molecule has 2 aromatic rings. The van der Waals surface area contributed by atoms with Crippen LogP contribution in [-0.2, 0) is 0 Å². The molecule has 1 aromatic carbocycles. The molecule has 96 valence electrons. The number of aromatic nitrogens is 1. The highest BCUT2D eigenvalue weighted by Crippen LogP contribution is 2.36. The van der Waals surface area contributed by atoms with E-state index in [0.717, 1.165) is 5.56 Å². The molecule has 0 saturated heterocycles. The minimum atomic E-state index is 0.179.